The minimum atomic E-state index is -1.23. The Balaban J connectivity index is 1.84. The number of rotatable bonds is 13. The number of hydrogen-bond donors (Lipinski definition) is 5. The topological polar surface area (TPSA) is 182 Å². The number of methoxy groups -OCH3 is 1. The number of fused-ring (bicyclic) bond motifs is 1. The first kappa shape index (κ1) is 32.6. The van der Waals surface area contributed by atoms with Crippen LogP contribution in [0.25, 0.3) is 10.9 Å². The minimum Gasteiger partial charge on any atom is -0.467 e. The molecule has 3 atom stereocenters. The minimum absolute atomic E-state index is 0.0777. The van der Waals surface area contributed by atoms with Gasteiger partial charge in [-0.25, -0.2) is 9.59 Å². The third-order valence-corrected chi connectivity index (χ3v) is 6.50. The van der Waals surface area contributed by atoms with Gasteiger partial charge in [0.25, 0.3) is 0 Å². The van der Waals surface area contributed by atoms with Crippen molar-refractivity contribution in [3.05, 3.63) is 71.9 Å². The van der Waals surface area contributed by atoms with Crippen molar-refractivity contribution in [2.75, 3.05) is 7.11 Å². The highest BCUT2D eigenvalue weighted by atomic mass is 16.6. The Morgan fingerprint density at radius 2 is 1.47 bits per heavy atom. The Labute approximate surface area is 250 Å². The lowest BCUT2D eigenvalue weighted by Crippen LogP contribution is -2.57. The number of benzene rings is 2. The number of carbonyl (C=O) groups excluding carboxylic acids is 5. The number of para-hydroxylation sites is 1. The van der Waals surface area contributed by atoms with Gasteiger partial charge in [0.05, 0.1) is 7.11 Å². The molecule has 0 unspecified atom stereocenters. The maximum Gasteiger partial charge on any atom is 0.408 e. The second-order valence-corrected chi connectivity index (χ2v) is 11.1. The maximum absolute atomic E-state index is 13.7. The first-order valence-electron chi connectivity index (χ1n) is 13.9. The Bertz CT molecular complexity index is 1430. The lowest BCUT2D eigenvalue weighted by atomic mass is 10.0. The SMILES string of the molecule is COC(=O)[C@H](Cc1c[nH]c2ccccc12)NC(=O)[C@H](Cc1ccccc1)NC(=O)[C@H](CCC(N)=O)NC(=O)OC(C)(C)C. The molecule has 0 aliphatic rings. The molecule has 12 nitrogen and oxygen atoms in total. The number of hydrogen-bond acceptors (Lipinski definition) is 7. The van der Waals surface area contributed by atoms with Crippen molar-refractivity contribution in [3.8, 4) is 0 Å². The first-order chi connectivity index (χ1) is 20.4. The Morgan fingerprint density at radius 1 is 0.837 bits per heavy atom. The number of H-pyrrole nitrogens is 1. The van der Waals surface area contributed by atoms with E-state index in [1.165, 1.54) is 7.11 Å². The summed E-state index contributed by atoms with van der Waals surface area (Å²) in [6.07, 6.45) is 0.793. The number of esters is 1. The Kier molecular flexibility index (Phi) is 11.3. The summed E-state index contributed by atoms with van der Waals surface area (Å²) in [5.74, 6) is -2.69. The number of aromatic amines is 1. The lowest BCUT2D eigenvalue weighted by molar-refractivity contribution is -0.145. The summed E-state index contributed by atoms with van der Waals surface area (Å²) in [7, 11) is 1.23. The number of nitrogens with one attached hydrogen (secondary N) is 4. The molecule has 230 valence electrons. The van der Waals surface area contributed by atoms with Crippen LogP contribution in [0.4, 0.5) is 4.79 Å². The summed E-state index contributed by atoms with van der Waals surface area (Å²) >= 11 is 0. The molecule has 0 aliphatic heterocycles. The first-order valence-corrected chi connectivity index (χ1v) is 13.9. The normalized spacial score (nSPS) is 13.3. The van der Waals surface area contributed by atoms with Crippen molar-refractivity contribution >= 4 is 40.7 Å². The van der Waals surface area contributed by atoms with Crippen molar-refractivity contribution < 1.29 is 33.4 Å². The van der Waals surface area contributed by atoms with E-state index in [0.717, 1.165) is 22.0 Å². The highest BCUT2D eigenvalue weighted by Crippen LogP contribution is 2.19. The van der Waals surface area contributed by atoms with Crippen molar-refractivity contribution in [1.29, 1.82) is 0 Å². The van der Waals surface area contributed by atoms with Gasteiger partial charge in [-0.05, 0) is 44.4 Å². The van der Waals surface area contributed by atoms with Crippen LogP contribution in [-0.4, -0.2) is 65.6 Å². The number of alkyl carbamates (subject to hydrolysis) is 1. The highest BCUT2D eigenvalue weighted by molar-refractivity contribution is 5.94. The van der Waals surface area contributed by atoms with Gasteiger partial charge in [0, 0.05) is 36.4 Å². The molecule has 12 heteroatoms. The molecule has 2 aromatic carbocycles. The summed E-state index contributed by atoms with van der Waals surface area (Å²) in [6.45, 7) is 5.00. The molecule has 1 heterocycles. The summed E-state index contributed by atoms with van der Waals surface area (Å²) in [4.78, 5) is 67.0. The van der Waals surface area contributed by atoms with Crippen LogP contribution in [0.2, 0.25) is 0 Å². The third-order valence-electron chi connectivity index (χ3n) is 6.50. The molecule has 6 N–H and O–H groups in total. The molecule has 0 saturated carbocycles. The predicted molar refractivity (Wildman–Crippen MR) is 160 cm³/mol. The van der Waals surface area contributed by atoms with E-state index in [1.807, 2.05) is 30.3 Å². The average molecular weight is 594 g/mol. The van der Waals surface area contributed by atoms with Gasteiger partial charge in [-0.1, -0.05) is 48.5 Å². The second-order valence-electron chi connectivity index (χ2n) is 11.1. The third kappa shape index (κ3) is 10.2. The molecule has 4 amide bonds. The van der Waals surface area contributed by atoms with Gasteiger partial charge in [-0.2, -0.15) is 0 Å². The number of primary amides is 1. The largest absolute Gasteiger partial charge is 0.467 e. The van der Waals surface area contributed by atoms with Gasteiger partial charge in [0.2, 0.25) is 17.7 Å². The van der Waals surface area contributed by atoms with Gasteiger partial charge in [-0.15, -0.1) is 0 Å². The summed E-state index contributed by atoms with van der Waals surface area (Å²) in [5.41, 5.74) is 6.86. The van der Waals surface area contributed by atoms with E-state index >= 15 is 0 Å². The molecule has 1 aromatic heterocycles. The summed E-state index contributed by atoms with van der Waals surface area (Å²) < 4.78 is 10.2. The lowest BCUT2D eigenvalue weighted by Gasteiger charge is -2.26. The number of ether oxygens (including phenoxy) is 2. The monoisotopic (exact) mass is 593 g/mol. The van der Waals surface area contributed by atoms with Crippen LogP contribution in [-0.2, 0) is 41.5 Å². The van der Waals surface area contributed by atoms with Crippen molar-refractivity contribution in [2.24, 2.45) is 5.73 Å². The molecule has 3 rings (SSSR count). The van der Waals surface area contributed by atoms with E-state index in [2.05, 4.69) is 20.9 Å². The highest BCUT2D eigenvalue weighted by Gasteiger charge is 2.31. The predicted octanol–water partition coefficient (Wildman–Crippen LogP) is 2.25. The average Bonchev–Trinajstić information content (AvgIpc) is 3.36. The van der Waals surface area contributed by atoms with Gasteiger partial charge < -0.3 is 36.1 Å². The van der Waals surface area contributed by atoms with E-state index in [9.17, 15) is 24.0 Å². The van der Waals surface area contributed by atoms with E-state index < -0.39 is 53.5 Å². The fourth-order valence-electron chi connectivity index (χ4n) is 4.46. The smallest absolute Gasteiger partial charge is 0.408 e. The van der Waals surface area contributed by atoms with Crippen LogP contribution in [0.3, 0.4) is 0 Å². The molecular weight excluding hydrogens is 554 g/mol. The van der Waals surface area contributed by atoms with Crippen LogP contribution >= 0.6 is 0 Å². The number of aromatic nitrogens is 1. The molecule has 0 radical (unpaired) electrons. The van der Waals surface area contributed by atoms with Crippen molar-refractivity contribution in [1.82, 2.24) is 20.9 Å². The standard InChI is InChI=1S/C31H39N5O7/c1-31(2,3)43-30(41)36-23(14-15-26(32)37)27(38)34-24(16-19-10-6-5-7-11-19)28(39)35-25(29(40)42-4)17-20-18-33-22-13-9-8-12-21(20)22/h5-13,18,23-25,33H,14-17H2,1-4H3,(H2,32,37)(H,34,38)(H,35,39)(H,36,41)/t23-,24-,25-/m0/s1. The molecule has 3 aromatic rings. The number of nitrogens with two attached hydrogens (primary N) is 1. The van der Waals surface area contributed by atoms with E-state index in [-0.39, 0.29) is 25.7 Å². The number of amides is 4. The summed E-state index contributed by atoms with van der Waals surface area (Å²) in [6, 6.07) is 13.1. The molecule has 0 saturated heterocycles. The van der Waals surface area contributed by atoms with Crippen molar-refractivity contribution in [2.45, 2.75) is 70.2 Å². The quantitative estimate of drug-likeness (QED) is 0.188. The van der Waals surface area contributed by atoms with Crippen LogP contribution in [0.15, 0.2) is 60.8 Å². The molecule has 43 heavy (non-hydrogen) atoms. The molecule has 0 fully saturated rings. The van der Waals surface area contributed by atoms with Gasteiger partial charge >= 0.3 is 12.1 Å². The second kappa shape index (κ2) is 14.9. The van der Waals surface area contributed by atoms with Crippen LogP contribution < -0.4 is 21.7 Å². The molecular formula is C31H39N5O7. The van der Waals surface area contributed by atoms with Crippen LogP contribution in [0.1, 0.15) is 44.7 Å². The number of carbonyl (C=O) groups is 5. The van der Waals surface area contributed by atoms with Gasteiger partial charge in [0.15, 0.2) is 0 Å². The Morgan fingerprint density at radius 3 is 2.12 bits per heavy atom. The molecule has 0 aliphatic carbocycles. The van der Waals surface area contributed by atoms with Crippen LogP contribution in [0, 0.1) is 0 Å². The molecule has 0 spiro atoms. The molecule has 0 bridgehead atoms. The van der Waals surface area contributed by atoms with E-state index in [4.69, 9.17) is 15.2 Å². The fourth-order valence-corrected chi connectivity index (χ4v) is 4.46. The zero-order valence-corrected chi connectivity index (χ0v) is 24.8. The van der Waals surface area contributed by atoms with Gasteiger partial charge in [-0.3, -0.25) is 14.4 Å². The van der Waals surface area contributed by atoms with Crippen molar-refractivity contribution in [3.63, 3.8) is 0 Å². The van der Waals surface area contributed by atoms with Crippen LogP contribution in [0.5, 0.6) is 0 Å². The van der Waals surface area contributed by atoms with E-state index in [1.54, 1.807) is 51.2 Å². The zero-order valence-electron chi connectivity index (χ0n) is 24.8. The fraction of sp³-hybridized carbons (Fsp3) is 0.387. The van der Waals surface area contributed by atoms with E-state index in [0.29, 0.717) is 0 Å². The zero-order chi connectivity index (χ0) is 31.6. The maximum atomic E-state index is 13.7. The van der Waals surface area contributed by atoms with Gasteiger partial charge in [0.1, 0.15) is 23.7 Å². The summed E-state index contributed by atoms with van der Waals surface area (Å²) in [5, 5.41) is 8.76. The Hall–Kier alpha value is -4.87.